The number of rotatable bonds is 4. The van der Waals surface area contributed by atoms with Crippen LogP contribution in [0.3, 0.4) is 0 Å². The predicted molar refractivity (Wildman–Crippen MR) is 72.3 cm³/mol. The maximum atomic E-state index is 6.82. The molecule has 16 heavy (non-hydrogen) atoms. The molecule has 0 aromatic carbocycles. The standard InChI is InChI=1S/C15H31N/c1-6-7-13(5)15(16)10-12(4)8-9-14(15)11(2)3/h11-14H,6-10,16H2,1-5H3. The summed E-state index contributed by atoms with van der Waals surface area (Å²) >= 11 is 0. The number of nitrogens with two attached hydrogens (primary N) is 1. The van der Waals surface area contributed by atoms with Crippen LogP contribution in [0, 0.1) is 23.7 Å². The van der Waals surface area contributed by atoms with Crippen LogP contribution >= 0.6 is 0 Å². The fraction of sp³-hybridized carbons (Fsp3) is 1.00. The third-order valence-corrected chi connectivity index (χ3v) is 4.81. The maximum Gasteiger partial charge on any atom is 0.0213 e. The highest BCUT2D eigenvalue weighted by Gasteiger charge is 2.44. The van der Waals surface area contributed by atoms with E-state index in [1.54, 1.807) is 0 Å². The van der Waals surface area contributed by atoms with Crippen molar-refractivity contribution < 1.29 is 0 Å². The highest BCUT2D eigenvalue weighted by molar-refractivity contribution is 5.00. The summed E-state index contributed by atoms with van der Waals surface area (Å²) in [4.78, 5) is 0. The third-order valence-electron chi connectivity index (χ3n) is 4.81. The quantitative estimate of drug-likeness (QED) is 0.762. The van der Waals surface area contributed by atoms with Gasteiger partial charge in [0.1, 0.15) is 0 Å². The van der Waals surface area contributed by atoms with Gasteiger partial charge in [-0.15, -0.1) is 0 Å². The van der Waals surface area contributed by atoms with Gasteiger partial charge in [-0.2, -0.15) is 0 Å². The maximum absolute atomic E-state index is 6.82. The lowest BCUT2D eigenvalue weighted by Gasteiger charge is -2.49. The molecule has 0 amide bonds. The molecule has 1 aliphatic rings. The molecule has 2 N–H and O–H groups in total. The highest BCUT2D eigenvalue weighted by Crippen LogP contribution is 2.44. The molecule has 4 unspecified atom stereocenters. The Morgan fingerprint density at radius 1 is 1.25 bits per heavy atom. The van der Waals surface area contributed by atoms with Crippen molar-refractivity contribution in [1.29, 1.82) is 0 Å². The molecule has 1 heteroatoms. The molecule has 0 radical (unpaired) electrons. The zero-order chi connectivity index (χ0) is 12.3. The summed E-state index contributed by atoms with van der Waals surface area (Å²) in [6.45, 7) is 11.7. The van der Waals surface area contributed by atoms with Gasteiger partial charge in [0.05, 0.1) is 0 Å². The van der Waals surface area contributed by atoms with Gasteiger partial charge >= 0.3 is 0 Å². The largest absolute Gasteiger partial charge is 0.325 e. The third kappa shape index (κ3) is 2.80. The average molecular weight is 225 g/mol. The van der Waals surface area contributed by atoms with E-state index in [0.717, 1.165) is 17.8 Å². The van der Waals surface area contributed by atoms with Crippen molar-refractivity contribution in [2.45, 2.75) is 72.3 Å². The molecule has 96 valence electrons. The van der Waals surface area contributed by atoms with Crippen molar-refractivity contribution in [3.8, 4) is 0 Å². The van der Waals surface area contributed by atoms with E-state index >= 15 is 0 Å². The van der Waals surface area contributed by atoms with Crippen LogP contribution in [-0.2, 0) is 0 Å². The lowest BCUT2D eigenvalue weighted by molar-refractivity contribution is 0.0600. The van der Waals surface area contributed by atoms with E-state index in [1.165, 1.54) is 32.1 Å². The molecule has 0 bridgehead atoms. The topological polar surface area (TPSA) is 26.0 Å². The SMILES string of the molecule is CCCC(C)C1(N)CC(C)CCC1C(C)C. The summed E-state index contributed by atoms with van der Waals surface area (Å²) in [5, 5.41) is 0. The van der Waals surface area contributed by atoms with Gasteiger partial charge in [-0.05, 0) is 42.9 Å². The zero-order valence-corrected chi connectivity index (χ0v) is 11.9. The molecule has 0 saturated heterocycles. The molecule has 0 spiro atoms. The highest BCUT2D eigenvalue weighted by atomic mass is 14.8. The molecule has 4 atom stereocenters. The first-order valence-electron chi connectivity index (χ1n) is 7.20. The molecule has 0 aromatic rings. The number of hydrogen-bond acceptors (Lipinski definition) is 1. The van der Waals surface area contributed by atoms with Crippen LogP contribution < -0.4 is 5.73 Å². The predicted octanol–water partition coefficient (Wildman–Crippen LogP) is 4.21. The van der Waals surface area contributed by atoms with Crippen molar-refractivity contribution in [2.75, 3.05) is 0 Å². The Labute approximate surface area is 102 Å². The molecule has 1 nitrogen and oxygen atoms in total. The van der Waals surface area contributed by atoms with Crippen LogP contribution in [0.15, 0.2) is 0 Å². The summed E-state index contributed by atoms with van der Waals surface area (Å²) in [6.07, 6.45) is 6.49. The molecule has 0 aliphatic heterocycles. The van der Waals surface area contributed by atoms with Gasteiger partial charge < -0.3 is 5.73 Å². The van der Waals surface area contributed by atoms with Crippen LogP contribution in [0.4, 0.5) is 0 Å². The van der Waals surface area contributed by atoms with E-state index in [-0.39, 0.29) is 5.54 Å². The van der Waals surface area contributed by atoms with Crippen LogP contribution in [-0.4, -0.2) is 5.54 Å². The Kier molecular flexibility index (Phi) is 4.85. The smallest absolute Gasteiger partial charge is 0.0213 e. The Morgan fingerprint density at radius 2 is 1.88 bits per heavy atom. The Hall–Kier alpha value is -0.0400. The monoisotopic (exact) mass is 225 g/mol. The summed E-state index contributed by atoms with van der Waals surface area (Å²) in [6, 6.07) is 0. The fourth-order valence-electron chi connectivity index (χ4n) is 3.81. The molecule has 1 saturated carbocycles. The van der Waals surface area contributed by atoms with Crippen molar-refractivity contribution >= 4 is 0 Å². The fourth-order valence-corrected chi connectivity index (χ4v) is 3.81. The molecule has 1 aliphatic carbocycles. The van der Waals surface area contributed by atoms with Gasteiger partial charge in [0.25, 0.3) is 0 Å². The van der Waals surface area contributed by atoms with Gasteiger partial charge in [-0.25, -0.2) is 0 Å². The average Bonchev–Trinajstić information content (AvgIpc) is 2.17. The molecule has 1 rings (SSSR count). The van der Waals surface area contributed by atoms with Crippen LogP contribution in [0.2, 0.25) is 0 Å². The van der Waals surface area contributed by atoms with Gasteiger partial charge in [-0.3, -0.25) is 0 Å². The van der Waals surface area contributed by atoms with E-state index < -0.39 is 0 Å². The minimum atomic E-state index is 0.0991. The minimum absolute atomic E-state index is 0.0991. The molecule has 1 fully saturated rings. The first-order chi connectivity index (χ1) is 7.41. The summed E-state index contributed by atoms with van der Waals surface area (Å²) < 4.78 is 0. The normalized spacial score (nSPS) is 37.7. The molecule has 0 aromatic heterocycles. The van der Waals surface area contributed by atoms with Crippen LogP contribution in [0.25, 0.3) is 0 Å². The first-order valence-corrected chi connectivity index (χ1v) is 7.20. The van der Waals surface area contributed by atoms with Crippen LogP contribution in [0.1, 0.15) is 66.7 Å². The first kappa shape index (κ1) is 14.0. The van der Waals surface area contributed by atoms with E-state index in [9.17, 15) is 0 Å². The second-order valence-electron chi connectivity index (χ2n) is 6.54. The minimum Gasteiger partial charge on any atom is -0.325 e. The molecule has 0 heterocycles. The second-order valence-corrected chi connectivity index (χ2v) is 6.54. The van der Waals surface area contributed by atoms with Crippen molar-refractivity contribution in [3.05, 3.63) is 0 Å². The molecular formula is C15H31N. The lowest BCUT2D eigenvalue weighted by atomic mass is 9.60. The van der Waals surface area contributed by atoms with Gasteiger partial charge in [-0.1, -0.05) is 47.5 Å². The summed E-state index contributed by atoms with van der Waals surface area (Å²) in [7, 11) is 0. The van der Waals surface area contributed by atoms with Crippen molar-refractivity contribution in [2.24, 2.45) is 29.4 Å². The summed E-state index contributed by atoms with van der Waals surface area (Å²) in [5.41, 5.74) is 6.92. The van der Waals surface area contributed by atoms with Gasteiger partial charge in [0.2, 0.25) is 0 Å². The Bertz CT molecular complexity index is 211. The molecular weight excluding hydrogens is 194 g/mol. The zero-order valence-electron chi connectivity index (χ0n) is 11.9. The second kappa shape index (κ2) is 5.53. The van der Waals surface area contributed by atoms with Crippen LogP contribution in [0.5, 0.6) is 0 Å². The van der Waals surface area contributed by atoms with Crippen molar-refractivity contribution in [3.63, 3.8) is 0 Å². The van der Waals surface area contributed by atoms with Gasteiger partial charge in [0.15, 0.2) is 0 Å². The van der Waals surface area contributed by atoms with Gasteiger partial charge in [0, 0.05) is 5.54 Å². The van der Waals surface area contributed by atoms with E-state index in [4.69, 9.17) is 5.73 Å². The lowest BCUT2D eigenvalue weighted by Crippen LogP contribution is -2.57. The van der Waals surface area contributed by atoms with E-state index in [2.05, 4.69) is 34.6 Å². The van der Waals surface area contributed by atoms with Crippen molar-refractivity contribution in [1.82, 2.24) is 0 Å². The Balaban J connectivity index is 2.83. The van der Waals surface area contributed by atoms with E-state index in [0.29, 0.717) is 5.92 Å². The Morgan fingerprint density at radius 3 is 2.38 bits per heavy atom. The summed E-state index contributed by atoms with van der Waals surface area (Å²) in [5.74, 6) is 2.95. The van der Waals surface area contributed by atoms with E-state index in [1.807, 2.05) is 0 Å². The number of hydrogen-bond donors (Lipinski definition) is 1.